The monoisotopic (exact) mass is 445 g/mol. The molecule has 2 heterocycles. The van der Waals surface area contributed by atoms with Gasteiger partial charge in [-0.05, 0) is 61.8 Å². The maximum absolute atomic E-state index is 12.8. The van der Waals surface area contributed by atoms with Crippen LogP contribution in [0.4, 0.5) is 5.69 Å². The minimum absolute atomic E-state index is 0.0134. The predicted octanol–water partition coefficient (Wildman–Crippen LogP) is 3.27. The number of benzene rings is 1. The van der Waals surface area contributed by atoms with Gasteiger partial charge >= 0.3 is 5.97 Å². The molecule has 0 bridgehead atoms. The molecule has 1 saturated heterocycles. The fourth-order valence-corrected chi connectivity index (χ4v) is 4.34. The molecule has 7 nitrogen and oxygen atoms in total. The summed E-state index contributed by atoms with van der Waals surface area (Å²) in [5.41, 5.74) is 0.949. The lowest BCUT2D eigenvalue weighted by molar-refractivity contribution is -0.130. The number of hydrogen-bond donors (Lipinski definition) is 1. The van der Waals surface area contributed by atoms with Gasteiger partial charge in [-0.3, -0.25) is 14.5 Å². The van der Waals surface area contributed by atoms with Crippen LogP contribution in [-0.4, -0.2) is 51.9 Å². The van der Waals surface area contributed by atoms with Gasteiger partial charge in [0.05, 0.1) is 25.1 Å². The summed E-state index contributed by atoms with van der Waals surface area (Å²) in [5, 5.41) is 5.20. The molecule has 1 aliphatic heterocycles. The molecule has 1 fully saturated rings. The number of esters is 1. The predicted molar refractivity (Wildman–Crippen MR) is 119 cm³/mol. The second kappa shape index (κ2) is 9.82. The summed E-state index contributed by atoms with van der Waals surface area (Å²) >= 11 is 7.07. The van der Waals surface area contributed by atoms with E-state index in [1.54, 1.807) is 42.5 Å². The van der Waals surface area contributed by atoms with Gasteiger partial charge in [-0.2, -0.15) is 0 Å². The molecule has 0 unspecified atom stereocenters. The van der Waals surface area contributed by atoms with E-state index in [-0.39, 0.29) is 18.2 Å². The maximum Gasteiger partial charge on any atom is 0.338 e. The molecule has 1 atom stereocenters. The van der Waals surface area contributed by atoms with Gasteiger partial charge in [-0.15, -0.1) is 11.3 Å². The van der Waals surface area contributed by atoms with Gasteiger partial charge in [0, 0.05) is 17.1 Å². The topological polar surface area (TPSA) is 78.9 Å². The van der Waals surface area contributed by atoms with Crippen LogP contribution in [0.15, 0.2) is 41.8 Å². The number of carbonyl (C=O) groups excluding carboxylic acids is 3. The number of anilines is 1. The molecule has 0 spiro atoms. The summed E-state index contributed by atoms with van der Waals surface area (Å²) in [6.07, 6.45) is -0.0134. The first-order chi connectivity index (χ1) is 14.4. The lowest BCUT2D eigenvalue weighted by Gasteiger charge is -2.23. The van der Waals surface area contributed by atoms with Gasteiger partial charge in [0.15, 0.2) is 5.11 Å². The third kappa shape index (κ3) is 4.85. The summed E-state index contributed by atoms with van der Waals surface area (Å²) in [6, 6.07) is 9.73. The molecular weight excluding hydrogens is 422 g/mol. The Labute approximate surface area is 184 Å². The second-order valence-electron chi connectivity index (χ2n) is 6.64. The van der Waals surface area contributed by atoms with E-state index in [4.69, 9.17) is 17.0 Å². The number of amides is 2. The van der Waals surface area contributed by atoms with Crippen molar-refractivity contribution in [3.8, 4) is 0 Å². The van der Waals surface area contributed by atoms with Crippen LogP contribution in [0, 0.1) is 0 Å². The highest BCUT2D eigenvalue weighted by Crippen LogP contribution is 2.25. The van der Waals surface area contributed by atoms with Crippen LogP contribution in [0.25, 0.3) is 0 Å². The van der Waals surface area contributed by atoms with Crippen LogP contribution >= 0.6 is 23.6 Å². The van der Waals surface area contributed by atoms with Crippen molar-refractivity contribution >= 4 is 52.1 Å². The largest absolute Gasteiger partial charge is 0.462 e. The van der Waals surface area contributed by atoms with Crippen molar-refractivity contribution < 1.29 is 19.1 Å². The molecule has 0 saturated carbocycles. The summed E-state index contributed by atoms with van der Waals surface area (Å²) in [4.78, 5) is 41.6. The highest BCUT2D eigenvalue weighted by Gasteiger charge is 2.42. The van der Waals surface area contributed by atoms with E-state index in [0.29, 0.717) is 36.1 Å². The van der Waals surface area contributed by atoms with E-state index in [9.17, 15) is 14.4 Å². The zero-order valence-electron chi connectivity index (χ0n) is 16.8. The van der Waals surface area contributed by atoms with Gasteiger partial charge in [0.25, 0.3) is 5.91 Å². The molecule has 1 aliphatic rings. The Hall–Kier alpha value is -2.78. The van der Waals surface area contributed by atoms with E-state index in [1.807, 2.05) is 29.3 Å². The Morgan fingerprint density at radius 1 is 1.20 bits per heavy atom. The van der Waals surface area contributed by atoms with Gasteiger partial charge in [0.2, 0.25) is 5.91 Å². The van der Waals surface area contributed by atoms with E-state index >= 15 is 0 Å². The SMILES string of the molecule is CCOC(=O)c1ccc(NC(=O)C[C@H]2C(=O)N(CC)C(=S)N2Cc2cccs2)cc1. The fraction of sp³-hybridized carbons (Fsp3) is 0.333. The Kier molecular flexibility index (Phi) is 7.17. The lowest BCUT2D eigenvalue weighted by atomic mass is 10.1. The van der Waals surface area contributed by atoms with Crippen LogP contribution in [0.5, 0.6) is 0 Å². The molecule has 1 aromatic heterocycles. The first kappa shape index (κ1) is 21.9. The van der Waals surface area contributed by atoms with Crippen LogP contribution in [-0.2, 0) is 20.9 Å². The van der Waals surface area contributed by atoms with Gasteiger partial charge < -0.3 is 15.0 Å². The van der Waals surface area contributed by atoms with Crippen molar-refractivity contribution in [3.05, 3.63) is 52.2 Å². The summed E-state index contributed by atoms with van der Waals surface area (Å²) in [7, 11) is 0. The van der Waals surface area contributed by atoms with E-state index < -0.39 is 12.0 Å². The third-order valence-corrected chi connectivity index (χ3v) is 6.00. The smallest absolute Gasteiger partial charge is 0.338 e. The number of carbonyl (C=O) groups is 3. The molecule has 2 amide bonds. The van der Waals surface area contributed by atoms with E-state index in [2.05, 4.69) is 5.32 Å². The van der Waals surface area contributed by atoms with Gasteiger partial charge in [-0.25, -0.2) is 4.79 Å². The number of nitrogens with zero attached hydrogens (tertiary/aromatic N) is 2. The molecule has 1 aromatic carbocycles. The van der Waals surface area contributed by atoms with Crippen molar-refractivity contribution in [2.75, 3.05) is 18.5 Å². The molecule has 2 aromatic rings. The summed E-state index contributed by atoms with van der Waals surface area (Å²) in [5.74, 6) is -0.870. The number of nitrogens with one attached hydrogen (secondary N) is 1. The number of thiophene rings is 1. The minimum Gasteiger partial charge on any atom is -0.462 e. The number of ether oxygens (including phenoxy) is 1. The minimum atomic E-state index is -0.640. The van der Waals surface area contributed by atoms with E-state index in [0.717, 1.165) is 4.88 Å². The van der Waals surface area contributed by atoms with Crippen LogP contribution in [0.2, 0.25) is 0 Å². The standard InChI is InChI=1S/C21H23N3O4S2/c1-3-23-19(26)17(24(21(23)29)13-16-6-5-11-30-16)12-18(25)22-15-9-7-14(8-10-15)20(27)28-4-2/h5-11,17H,3-4,12-13H2,1-2H3,(H,22,25)/t17-/m0/s1. The molecule has 3 rings (SSSR count). The first-order valence-corrected chi connectivity index (χ1v) is 10.9. The van der Waals surface area contributed by atoms with Crippen LogP contribution in [0.3, 0.4) is 0 Å². The average Bonchev–Trinajstić information content (AvgIpc) is 3.31. The van der Waals surface area contributed by atoms with Crippen molar-refractivity contribution in [3.63, 3.8) is 0 Å². The van der Waals surface area contributed by atoms with Crippen molar-refractivity contribution in [2.45, 2.75) is 32.9 Å². The zero-order valence-corrected chi connectivity index (χ0v) is 18.4. The zero-order chi connectivity index (χ0) is 21.7. The summed E-state index contributed by atoms with van der Waals surface area (Å²) in [6.45, 7) is 4.85. The van der Waals surface area contributed by atoms with Crippen LogP contribution in [0.1, 0.15) is 35.5 Å². The van der Waals surface area contributed by atoms with Gasteiger partial charge in [-0.1, -0.05) is 6.07 Å². The Balaban J connectivity index is 1.68. The van der Waals surface area contributed by atoms with Gasteiger partial charge in [0.1, 0.15) is 6.04 Å². The molecule has 30 heavy (non-hydrogen) atoms. The normalized spacial score (nSPS) is 16.1. The summed E-state index contributed by atoms with van der Waals surface area (Å²) < 4.78 is 4.95. The van der Waals surface area contributed by atoms with E-state index in [1.165, 1.54) is 4.90 Å². The Morgan fingerprint density at radius 2 is 1.93 bits per heavy atom. The molecular formula is C21H23N3O4S2. The lowest BCUT2D eigenvalue weighted by Crippen LogP contribution is -2.37. The molecule has 158 valence electrons. The average molecular weight is 446 g/mol. The first-order valence-electron chi connectivity index (χ1n) is 9.66. The fourth-order valence-electron chi connectivity index (χ4n) is 3.22. The maximum atomic E-state index is 12.8. The number of thiocarbonyl (C=S) groups is 1. The van der Waals surface area contributed by atoms with Crippen molar-refractivity contribution in [1.29, 1.82) is 0 Å². The molecule has 0 aliphatic carbocycles. The highest BCUT2D eigenvalue weighted by molar-refractivity contribution is 7.80. The molecule has 9 heteroatoms. The number of hydrogen-bond acceptors (Lipinski definition) is 6. The highest BCUT2D eigenvalue weighted by atomic mass is 32.1. The van der Waals surface area contributed by atoms with Crippen molar-refractivity contribution in [2.24, 2.45) is 0 Å². The molecule has 1 N–H and O–H groups in total. The molecule has 0 radical (unpaired) electrons. The quantitative estimate of drug-likeness (QED) is 0.496. The number of rotatable bonds is 8. The Morgan fingerprint density at radius 3 is 2.53 bits per heavy atom. The van der Waals surface area contributed by atoms with Crippen LogP contribution < -0.4 is 5.32 Å². The third-order valence-electron chi connectivity index (χ3n) is 4.68. The van der Waals surface area contributed by atoms with Crippen molar-refractivity contribution in [1.82, 2.24) is 9.80 Å². The second-order valence-corrected chi connectivity index (χ2v) is 8.04. The Bertz CT molecular complexity index is 928. The number of likely N-dealkylation sites (N-methyl/N-ethyl adjacent to an activating group) is 1.